The third kappa shape index (κ3) is 4.29. The Morgan fingerprint density at radius 2 is 2.00 bits per heavy atom. The fourth-order valence-electron chi connectivity index (χ4n) is 1.14. The zero-order chi connectivity index (χ0) is 11.5. The average molecular weight is 248 g/mol. The van der Waals surface area contributed by atoms with E-state index in [2.05, 4.69) is 5.32 Å². The van der Waals surface area contributed by atoms with Crippen LogP contribution >= 0.6 is 23.2 Å². The second-order valence-corrected chi connectivity index (χ2v) is 4.88. The first-order valence-electron chi connectivity index (χ1n) is 4.80. The van der Waals surface area contributed by atoms with Gasteiger partial charge in [0.2, 0.25) is 0 Å². The smallest absolute Gasteiger partial charge is 0.0823 e. The highest BCUT2D eigenvalue weighted by Crippen LogP contribution is 2.29. The van der Waals surface area contributed by atoms with Crippen molar-refractivity contribution in [1.82, 2.24) is 0 Å². The summed E-state index contributed by atoms with van der Waals surface area (Å²) in [5.74, 6) is 0. The first-order chi connectivity index (χ1) is 6.90. The van der Waals surface area contributed by atoms with Crippen LogP contribution in [0.5, 0.6) is 0 Å². The molecule has 0 atom stereocenters. The molecule has 84 valence electrons. The van der Waals surface area contributed by atoms with Crippen LogP contribution in [0.15, 0.2) is 18.2 Å². The van der Waals surface area contributed by atoms with Crippen molar-refractivity contribution in [1.29, 1.82) is 0 Å². The maximum atomic E-state index is 9.52. The molecule has 4 heteroatoms. The van der Waals surface area contributed by atoms with Crippen LogP contribution in [0, 0.1) is 0 Å². The van der Waals surface area contributed by atoms with Gasteiger partial charge < -0.3 is 10.4 Å². The van der Waals surface area contributed by atoms with Crippen molar-refractivity contribution in [3.05, 3.63) is 28.2 Å². The minimum Gasteiger partial charge on any atom is -0.390 e. The van der Waals surface area contributed by atoms with Crippen LogP contribution in [-0.2, 0) is 0 Å². The summed E-state index contributed by atoms with van der Waals surface area (Å²) < 4.78 is 0. The molecule has 1 rings (SSSR count). The van der Waals surface area contributed by atoms with Crippen LogP contribution in [0.25, 0.3) is 0 Å². The lowest BCUT2D eigenvalue weighted by molar-refractivity contribution is 0.0749. The summed E-state index contributed by atoms with van der Waals surface area (Å²) in [7, 11) is 0. The molecule has 1 aromatic rings. The molecular formula is C11H15Cl2NO. The fraction of sp³-hybridized carbons (Fsp3) is 0.455. The van der Waals surface area contributed by atoms with Crippen molar-refractivity contribution in [3.63, 3.8) is 0 Å². The van der Waals surface area contributed by atoms with E-state index in [1.165, 1.54) is 0 Å². The molecule has 2 N–H and O–H groups in total. The molecule has 0 saturated carbocycles. The van der Waals surface area contributed by atoms with Crippen LogP contribution in [0.3, 0.4) is 0 Å². The molecule has 0 radical (unpaired) electrons. The van der Waals surface area contributed by atoms with Crippen molar-refractivity contribution in [3.8, 4) is 0 Å². The summed E-state index contributed by atoms with van der Waals surface area (Å²) in [6.07, 6.45) is 0.649. The van der Waals surface area contributed by atoms with E-state index in [0.717, 1.165) is 5.69 Å². The summed E-state index contributed by atoms with van der Waals surface area (Å²) in [5, 5.41) is 13.7. The minimum absolute atomic E-state index is 0.523. The summed E-state index contributed by atoms with van der Waals surface area (Å²) in [6.45, 7) is 4.20. The van der Waals surface area contributed by atoms with E-state index >= 15 is 0 Å². The molecule has 0 aliphatic carbocycles. The highest BCUT2D eigenvalue weighted by Gasteiger charge is 2.12. The van der Waals surface area contributed by atoms with Crippen molar-refractivity contribution < 1.29 is 5.11 Å². The van der Waals surface area contributed by atoms with Crippen LogP contribution in [0.4, 0.5) is 5.69 Å². The molecule has 15 heavy (non-hydrogen) atoms. The van der Waals surface area contributed by atoms with Gasteiger partial charge in [-0.3, -0.25) is 0 Å². The van der Waals surface area contributed by atoms with Gasteiger partial charge in [0.25, 0.3) is 0 Å². The number of hydrogen-bond acceptors (Lipinski definition) is 2. The molecule has 1 aromatic carbocycles. The largest absolute Gasteiger partial charge is 0.390 e. The van der Waals surface area contributed by atoms with Gasteiger partial charge in [-0.25, -0.2) is 0 Å². The fourth-order valence-corrected chi connectivity index (χ4v) is 1.51. The molecule has 2 nitrogen and oxygen atoms in total. The van der Waals surface area contributed by atoms with Gasteiger partial charge in [-0.2, -0.15) is 0 Å². The van der Waals surface area contributed by atoms with Crippen LogP contribution < -0.4 is 5.32 Å². The number of aliphatic hydroxyl groups is 1. The second kappa shape index (κ2) is 5.06. The van der Waals surface area contributed by atoms with E-state index in [0.29, 0.717) is 23.0 Å². The highest BCUT2D eigenvalue weighted by molar-refractivity contribution is 6.43. The summed E-state index contributed by atoms with van der Waals surface area (Å²) in [6, 6.07) is 5.43. The molecule has 0 spiro atoms. The molecule has 0 fully saturated rings. The van der Waals surface area contributed by atoms with E-state index in [1.807, 2.05) is 12.1 Å². The van der Waals surface area contributed by atoms with Gasteiger partial charge in [-0.1, -0.05) is 29.3 Å². The number of rotatable bonds is 4. The molecule has 0 heterocycles. The Kier molecular flexibility index (Phi) is 4.26. The first kappa shape index (κ1) is 12.6. The zero-order valence-electron chi connectivity index (χ0n) is 8.85. The predicted octanol–water partition coefficient (Wildman–Crippen LogP) is 3.57. The van der Waals surface area contributed by atoms with Gasteiger partial charge in [0.05, 0.1) is 21.3 Å². The summed E-state index contributed by atoms with van der Waals surface area (Å²) >= 11 is 11.8. The van der Waals surface area contributed by atoms with Crippen molar-refractivity contribution in [2.24, 2.45) is 0 Å². The number of halogens is 2. The lowest BCUT2D eigenvalue weighted by Crippen LogP contribution is -2.22. The molecule has 0 aliphatic heterocycles. The molecule has 0 amide bonds. The van der Waals surface area contributed by atoms with Crippen molar-refractivity contribution in [2.75, 3.05) is 11.9 Å². The molecule has 0 aromatic heterocycles. The Bertz CT molecular complexity index is 334. The van der Waals surface area contributed by atoms with E-state index in [4.69, 9.17) is 23.2 Å². The third-order valence-electron chi connectivity index (χ3n) is 2.00. The maximum absolute atomic E-state index is 9.52. The molecule has 0 bridgehead atoms. The Hall–Kier alpha value is -0.440. The monoisotopic (exact) mass is 247 g/mol. The van der Waals surface area contributed by atoms with Crippen LogP contribution in [-0.4, -0.2) is 17.3 Å². The average Bonchev–Trinajstić information content (AvgIpc) is 2.10. The lowest BCUT2D eigenvalue weighted by atomic mass is 10.1. The minimum atomic E-state index is -0.669. The van der Waals surface area contributed by atoms with Gasteiger partial charge in [-0.15, -0.1) is 0 Å². The number of hydrogen-bond donors (Lipinski definition) is 2. The topological polar surface area (TPSA) is 32.3 Å². The van der Waals surface area contributed by atoms with Gasteiger partial charge >= 0.3 is 0 Å². The van der Waals surface area contributed by atoms with Crippen molar-refractivity contribution >= 4 is 28.9 Å². The highest BCUT2D eigenvalue weighted by atomic mass is 35.5. The lowest BCUT2D eigenvalue weighted by Gasteiger charge is -2.18. The zero-order valence-corrected chi connectivity index (χ0v) is 10.4. The van der Waals surface area contributed by atoms with Crippen LogP contribution in [0.2, 0.25) is 10.0 Å². The van der Waals surface area contributed by atoms with E-state index in [-0.39, 0.29) is 0 Å². The van der Waals surface area contributed by atoms with Crippen LogP contribution in [0.1, 0.15) is 20.3 Å². The Morgan fingerprint density at radius 3 is 2.60 bits per heavy atom. The Balaban J connectivity index is 2.55. The number of nitrogens with one attached hydrogen (secondary N) is 1. The quantitative estimate of drug-likeness (QED) is 0.853. The van der Waals surface area contributed by atoms with Gasteiger partial charge in [0.15, 0.2) is 0 Å². The predicted molar refractivity (Wildman–Crippen MR) is 65.9 cm³/mol. The normalized spacial score (nSPS) is 11.5. The van der Waals surface area contributed by atoms with Gasteiger partial charge in [-0.05, 0) is 32.4 Å². The summed E-state index contributed by atoms with van der Waals surface area (Å²) in [4.78, 5) is 0. The van der Waals surface area contributed by atoms with E-state index < -0.39 is 5.60 Å². The molecule has 0 unspecified atom stereocenters. The first-order valence-corrected chi connectivity index (χ1v) is 5.56. The molecule has 0 saturated heterocycles. The maximum Gasteiger partial charge on any atom is 0.0823 e. The van der Waals surface area contributed by atoms with E-state index in [9.17, 15) is 5.11 Å². The SMILES string of the molecule is CC(C)(O)CCNc1cccc(Cl)c1Cl. The van der Waals surface area contributed by atoms with Gasteiger partial charge in [0, 0.05) is 6.54 Å². The molecule has 0 aliphatic rings. The Morgan fingerprint density at radius 1 is 1.33 bits per heavy atom. The number of benzene rings is 1. The second-order valence-electron chi connectivity index (χ2n) is 4.09. The van der Waals surface area contributed by atoms with E-state index in [1.54, 1.807) is 19.9 Å². The standard InChI is InChI=1S/C11H15Cl2NO/c1-11(2,15)6-7-14-9-5-3-4-8(12)10(9)13/h3-5,14-15H,6-7H2,1-2H3. The Labute approximate surface area is 100 Å². The summed E-state index contributed by atoms with van der Waals surface area (Å²) in [5.41, 5.74) is 0.131. The van der Waals surface area contributed by atoms with Crippen molar-refractivity contribution in [2.45, 2.75) is 25.9 Å². The third-order valence-corrected chi connectivity index (χ3v) is 2.82. The molecular weight excluding hydrogens is 233 g/mol. The number of anilines is 1. The van der Waals surface area contributed by atoms with Gasteiger partial charge in [0.1, 0.15) is 0 Å².